The largest absolute Gasteiger partial charge is 0.382 e. The highest BCUT2D eigenvalue weighted by Gasteiger charge is 2.38. The zero-order valence-electron chi connectivity index (χ0n) is 9.31. The topological polar surface area (TPSA) is 47.3 Å². The van der Waals surface area contributed by atoms with E-state index in [2.05, 4.69) is 4.98 Å². The average Bonchev–Trinajstić information content (AvgIpc) is 2.64. The molecule has 0 aliphatic carbocycles. The molecule has 15 heavy (non-hydrogen) atoms. The predicted molar refractivity (Wildman–Crippen MR) is 56.4 cm³/mol. The zero-order valence-corrected chi connectivity index (χ0v) is 9.31. The molecule has 0 saturated carbocycles. The van der Waals surface area contributed by atoms with Gasteiger partial charge in [-0.2, -0.15) is 0 Å². The van der Waals surface area contributed by atoms with Crippen LogP contribution >= 0.6 is 0 Å². The van der Waals surface area contributed by atoms with Gasteiger partial charge in [0, 0.05) is 26.0 Å². The Kier molecular flexibility index (Phi) is 2.80. The van der Waals surface area contributed by atoms with Gasteiger partial charge in [-0.1, -0.05) is 0 Å². The van der Waals surface area contributed by atoms with Gasteiger partial charge in [-0.05, 0) is 26.2 Å². The Hall–Kier alpha value is -0.870. The molecule has 84 valence electrons. The Morgan fingerprint density at radius 2 is 2.40 bits per heavy atom. The molecule has 4 nitrogen and oxygen atoms in total. The minimum Gasteiger partial charge on any atom is -0.382 e. The Morgan fingerprint density at radius 1 is 1.60 bits per heavy atom. The van der Waals surface area contributed by atoms with Crippen molar-refractivity contribution in [2.45, 2.75) is 37.9 Å². The third-order valence-corrected chi connectivity index (χ3v) is 3.18. The highest BCUT2D eigenvalue weighted by Crippen LogP contribution is 2.35. The van der Waals surface area contributed by atoms with E-state index in [-0.39, 0.29) is 0 Å². The molecule has 1 aliphatic rings. The molecule has 1 aromatic heterocycles. The first-order chi connectivity index (χ1) is 7.13. The van der Waals surface area contributed by atoms with Crippen LogP contribution in [0.4, 0.5) is 0 Å². The number of imidazole rings is 1. The maximum absolute atomic E-state index is 10.3. The van der Waals surface area contributed by atoms with Crippen molar-refractivity contribution in [2.75, 3.05) is 6.61 Å². The lowest BCUT2D eigenvalue weighted by molar-refractivity contribution is -0.141. The van der Waals surface area contributed by atoms with Crippen LogP contribution in [0.3, 0.4) is 0 Å². The van der Waals surface area contributed by atoms with Crippen molar-refractivity contribution >= 4 is 0 Å². The van der Waals surface area contributed by atoms with Gasteiger partial charge < -0.3 is 14.4 Å². The summed E-state index contributed by atoms with van der Waals surface area (Å²) < 4.78 is 7.54. The summed E-state index contributed by atoms with van der Waals surface area (Å²) >= 11 is 0. The molecule has 2 heterocycles. The Balaban J connectivity index is 2.19. The number of aliphatic hydroxyl groups is 1. The maximum Gasteiger partial charge on any atom is 0.140 e. The van der Waals surface area contributed by atoms with Gasteiger partial charge in [0.2, 0.25) is 0 Å². The standard InChI is InChI=1S/C11H18N2O2/c1-11(5-3-4-8-15-11)9(14)10-12-6-7-13(10)2/h6-7,9,14H,3-5,8H2,1-2H3. The Labute approximate surface area is 89.9 Å². The number of aliphatic hydroxyl groups excluding tert-OH is 1. The van der Waals surface area contributed by atoms with E-state index in [0.29, 0.717) is 5.82 Å². The fraction of sp³-hybridized carbons (Fsp3) is 0.727. The summed E-state index contributed by atoms with van der Waals surface area (Å²) in [5.41, 5.74) is -0.475. The molecule has 1 fully saturated rings. The molecule has 2 atom stereocenters. The highest BCUT2D eigenvalue weighted by molar-refractivity contribution is 5.03. The SMILES string of the molecule is Cn1ccnc1C(O)C1(C)CCCCO1. The van der Waals surface area contributed by atoms with E-state index in [1.165, 1.54) is 0 Å². The number of nitrogens with zero attached hydrogens (tertiary/aromatic N) is 2. The Bertz CT molecular complexity index is 329. The predicted octanol–water partition coefficient (Wildman–Crippen LogP) is 1.41. The van der Waals surface area contributed by atoms with E-state index in [1.807, 2.05) is 24.7 Å². The third kappa shape index (κ3) is 1.92. The second-order valence-corrected chi connectivity index (χ2v) is 4.42. The maximum atomic E-state index is 10.3. The van der Waals surface area contributed by atoms with Crippen LogP contribution in [-0.2, 0) is 11.8 Å². The fourth-order valence-electron chi connectivity index (χ4n) is 2.08. The molecular weight excluding hydrogens is 192 g/mol. The van der Waals surface area contributed by atoms with Crippen molar-refractivity contribution in [1.82, 2.24) is 9.55 Å². The molecule has 2 rings (SSSR count). The van der Waals surface area contributed by atoms with Crippen LogP contribution in [0, 0.1) is 0 Å². The van der Waals surface area contributed by atoms with Crippen LogP contribution in [0.15, 0.2) is 12.4 Å². The average molecular weight is 210 g/mol. The minimum absolute atomic E-state index is 0.475. The Morgan fingerprint density at radius 3 is 2.93 bits per heavy atom. The summed E-state index contributed by atoms with van der Waals surface area (Å²) in [6, 6.07) is 0. The summed E-state index contributed by atoms with van der Waals surface area (Å²) in [6.07, 6.45) is 5.98. The van der Waals surface area contributed by atoms with Gasteiger partial charge in [0.15, 0.2) is 0 Å². The van der Waals surface area contributed by atoms with E-state index in [0.717, 1.165) is 25.9 Å². The number of ether oxygens (including phenoxy) is 1. The van der Waals surface area contributed by atoms with Crippen LogP contribution in [0.25, 0.3) is 0 Å². The number of aromatic nitrogens is 2. The summed E-state index contributed by atoms with van der Waals surface area (Å²) in [7, 11) is 1.89. The molecule has 0 radical (unpaired) electrons. The van der Waals surface area contributed by atoms with Crippen LogP contribution in [0.2, 0.25) is 0 Å². The van der Waals surface area contributed by atoms with Gasteiger partial charge in [-0.3, -0.25) is 0 Å². The third-order valence-electron chi connectivity index (χ3n) is 3.18. The van der Waals surface area contributed by atoms with Crippen molar-refractivity contribution in [2.24, 2.45) is 7.05 Å². The summed E-state index contributed by atoms with van der Waals surface area (Å²) in [5.74, 6) is 0.680. The van der Waals surface area contributed by atoms with Crippen LogP contribution < -0.4 is 0 Å². The smallest absolute Gasteiger partial charge is 0.140 e. The lowest BCUT2D eigenvalue weighted by Gasteiger charge is -2.37. The molecule has 4 heteroatoms. The number of aryl methyl sites for hydroxylation is 1. The normalized spacial score (nSPS) is 29.0. The monoisotopic (exact) mass is 210 g/mol. The van der Waals surface area contributed by atoms with Gasteiger partial charge in [-0.25, -0.2) is 4.98 Å². The van der Waals surface area contributed by atoms with E-state index < -0.39 is 11.7 Å². The van der Waals surface area contributed by atoms with Crippen molar-refractivity contribution in [1.29, 1.82) is 0 Å². The van der Waals surface area contributed by atoms with E-state index in [4.69, 9.17) is 4.74 Å². The molecule has 1 N–H and O–H groups in total. The van der Waals surface area contributed by atoms with Crippen molar-refractivity contribution in [3.63, 3.8) is 0 Å². The molecule has 1 aliphatic heterocycles. The van der Waals surface area contributed by atoms with Crippen molar-refractivity contribution in [3.05, 3.63) is 18.2 Å². The second kappa shape index (κ2) is 3.94. The zero-order chi connectivity index (χ0) is 10.9. The molecule has 0 bridgehead atoms. The van der Waals surface area contributed by atoms with Gasteiger partial charge >= 0.3 is 0 Å². The number of rotatable bonds is 2. The quantitative estimate of drug-likeness (QED) is 0.803. The number of hydrogen-bond donors (Lipinski definition) is 1. The summed E-state index contributed by atoms with van der Waals surface area (Å²) in [5, 5.41) is 10.3. The van der Waals surface area contributed by atoms with E-state index in [9.17, 15) is 5.11 Å². The van der Waals surface area contributed by atoms with Crippen LogP contribution in [0.1, 0.15) is 38.1 Å². The molecule has 1 aromatic rings. The molecule has 0 spiro atoms. The van der Waals surface area contributed by atoms with Gasteiger partial charge in [-0.15, -0.1) is 0 Å². The first kappa shape index (κ1) is 10.6. The van der Waals surface area contributed by atoms with Crippen LogP contribution in [0.5, 0.6) is 0 Å². The van der Waals surface area contributed by atoms with Crippen molar-refractivity contribution < 1.29 is 9.84 Å². The first-order valence-corrected chi connectivity index (χ1v) is 5.43. The van der Waals surface area contributed by atoms with Gasteiger partial charge in [0.05, 0.1) is 5.60 Å². The lowest BCUT2D eigenvalue weighted by Crippen LogP contribution is -2.40. The first-order valence-electron chi connectivity index (χ1n) is 5.43. The summed E-state index contributed by atoms with van der Waals surface area (Å²) in [6.45, 7) is 2.70. The second-order valence-electron chi connectivity index (χ2n) is 4.42. The van der Waals surface area contributed by atoms with E-state index in [1.54, 1.807) is 6.20 Å². The van der Waals surface area contributed by atoms with Gasteiger partial charge in [0.25, 0.3) is 0 Å². The fourth-order valence-corrected chi connectivity index (χ4v) is 2.08. The molecule has 2 unspecified atom stereocenters. The molecule has 0 amide bonds. The number of hydrogen-bond acceptors (Lipinski definition) is 3. The molecular formula is C11H18N2O2. The highest BCUT2D eigenvalue weighted by atomic mass is 16.5. The van der Waals surface area contributed by atoms with Crippen LogP contribution in [-0.4, -0.2) is 26.9 Å². The van der Waals surface area contributed by atoms with E-state index >= 15 is 0 Å². The molecule has 0 aromatic carbocycles. The minimum atomic E-state index is -0.641. The summed E-state index contributed by atoms with van der Waals surface area (Å²) in [4.78, 5) is 4.17. The van der Waals surface area contributed by atoms with Crippen molar-refractivity contribution in [3.8, 4) is 0 Å². The lowest BCUT2D eigenvalue weighted by atomic mass is 9.89. The van der Waals surface area contributed by atoms with Gasteiger partial charge in [0.1, 0.15) is 11.9 Å². The molecule has 1 saturated heterocycles.